The van der Waals surface area contributed by atoms with Crippen LogP contribution in [0, 0.1) is 12.8 Å². The predicted octanol–water partition coefficient (Wildman–Crippen LogP) is 3.53. The highest BCUT2D eigenvalue weighted by atomic mass is 32.2. The van der Waals surface area contributed by atoms with Crippen LogP contribution >= 0.6 is 11.3 Å². The lowest BCUT2D eigenvalue weighted by atomic mass is 9.95. The van der Waals surface area contributed by atoms with Crippen LogP contribution in [-0.2, 0) is 14.8 Å². The zero-order valence-corrected chi connectivity index (χ0v) is 23.2. The maximum Gasteiger partial charge on any atom is 0.291 e. The van der Waals surface area contributed by atoms with Crippen molar-refractivity contribution in [1.29, 1.82) is 0 Å². The molecular weight excluding hydrogens is 536 g/mol. The SMILES string of the molecule is Cc1nc(-c2nnc(C(F)F)s2)c2cc(S(=O)(=O)NC3(C)CC3)cc(N3CCC(C(=O)N(C)C)CC3)c2n1. The largest absolute Gasteiger partial charge is 0.370 e. The number of piperidine rings is 1. The number of hydrogen-bond donors (Lipinski definition) is 1. The van der Waals surface area contributed by atoms with E-state index >= 15 is 0 Å². The van der Waals surface area contributed by atoms with Gasteiger partial charge in [-0.3, -0.25) is 4.79 Å². The van der Waals surface area contributed by atoms with Crippen LogP contribution in [0.5, 0.6) is 0 Å². The third-order valence-electron chi connectivity index (χ3n) is 7.01. The van der Waals surface area contributed by atoms with Crippen molar-refractivity contribution in [2.45, 2.75) is 56.4 Å². The molecule has 14 heteroatoms. The molecule has 3 aromatic rings. The Kier molecular flexibility index (Phi) is 6.84. The number of fused-ring (bicyclic) bond motifs is 1. The molecule has 0 unspecified atom stereocenters. The first kappa shape index (κ1) is 26.8. The minimum atomic E-state index is -3.91. The van der Waals surface area contributed by atoms with Crippen LogP contribution in [-0.4, -0.2) is 72.1 Å². The van der Waals surface area contributed by atoms with Gasteiger partial charge in [-0.2, -0.15) is 0 Å². The Bertz CT molecular complexity index is 1500. The minimum absolute atomic E-state index is 0.0342. The average molecular weight is 566 g/mol. The molecule has 2 aliphatic rings. The van der Waals surface area contributed by atoms with Crippen LogP contribution in [0.15, 0.2) is 17.0 Å². The van der Waals surface area contributed by atoms with Crippen molar-refractivity contribution in [2.24, 2.45) is 5.92 Å². The number of sulfonamides is 1. The van der Waals surface area contributed by atoms with Crippen LogP contribution in [0.3, 0.4) is 0 Å². The topological polar surface area (TPSA) is 121 Å². The van der Waals surface area contributed by atoms with Crippen LogP contribution < -0.4 is 9.62 Å². The van der Waals surface area contributed by atoms with Gasteiger partial charge in [-0.15, -0.1) is 10.2 Å². The summed E-state index contributed by atoms with van der Waals surface area (Å²) in [5.74, 6) is 0.343. The molecular formula is C24H29F2N7O3S2. The zero-order valence-electron chi connectivity index (χ0n) is 21.5. The number of nitrogens with one attached hydrogen (secondary N) is 1. The lowest BCUT2D eigenvalue weighted by Crippen LogP contribution is -2.40. The molecule has 5 rings (SSSR count). The third-order valence-corrected chi connectivity index (χ3v) is 9.57. The van der Waals surface area contributed by atoms with E-state index in [9.17, 15) is 22.0 Å². The summed E-state index contributed by atoms with van der Waals surface area (Å²) in [6.45, 7) is 4.59. The van der Waals surface area contributed by atoms with Gasteiger partial charge in [0.2, 0.25) is 15.9 Å². The second-order valence-corrected chi connectivity index (χ2v) is 13.1. The molecule has 1 saturated heterocycles. The van der Waals surface area contributed by atoms with Crippen molar-refractivity contribution in [3.8, 4) is 10.7 Å². The summed E-state index contributed by atoms with van der Waals surface area (Å²) < 4.78 is 56.2. The Morgan fingerprint density at radius 3 is 2.45 bits per heavy atom. The molecule has 0 bridgehead atoms. The lowest BCUT2D eigenvalue weighted by Gasteiger charge is -2.34. The number of carbonyl (C=O) groups is 1. The van der Waals surface area contributed by atoms with Gasteiger partial charge in [0.1, 0.15) is 11.5 Å². The molecule has 1 saturated carbocycles. The number of carbonyl (C=O) groups excluding carboxylic acids is 1. The Hall–Kier alpha value is -2.84. The first-order chi connectivity index (χ1) is 17.9. The Morgan fingerprint density at radius 2 is 1.87 bits per heavy atom. The van der Waals surface area contributed by atoms with Crippen LogP contribution in [0.4, 0.5) is 14.5 Å². The molecule has 204 valence electrons. The first-order valence-electron chi connectivity index (χ1n) is 12.3. The fourth-order valence-corrected chi connectivity index (χ4v) is 6.90. The molecule has 1 amide bonds. The summed E-state index contributed by atoms with van der Waals surface area (Å²) >= 11 is 0.715. The van der Waals surface area contributed by atoms with Gasteiger partial charge in [-0.25, -0.2) is 31.9 Å². The molecule has 3 heterocycles. The number of halogens is 2. The van der Waals surface area contributed by atoms with Crippen molar-refractivity contribution >= 4 is 43.9 Å². The quantitative estimate of drug-likeness (QED) is 0.462. The van der Waals surface area contributed by atoms with Gasteiger partial charge in [-0.05, 0) is 51.7 Å². The molecule has 2 fully saturated rings. The van der Waals surface area contributed by atoms with E-state index in [4.69, 9.17) is 0 Å². The van der Waals surface area contributed by atoms with Crippen molar-refractivity contribution in [2.75, 3.05) is 32.1 Å². The average Bonchev–Trinajstić information content (AvgIpc) is 3.37. The van der Waals surface area contributed by atoms with E-state index in [1.54, 1.807) is 32.0 Å². The summed E-state index contributed by atoms with van der Waals surface area (Å²) in [6, 6.07) is 3.08. The van der Waals surface area contributed by atoms with Crippen LogP contribution in [0.2, 0.25) is 0 Å². The number of rotatable bonds is 7. The molecule has 1 aromatic carbocycles. The molecule has 0 atom stereocenters. The molecule has 2 aromatic heterocycles. The first-order valence-corrected chi connectivity index (χ1v) is 14.6. The van der Waals surface area contributed by atoms with Gasteiger partial charge in [0.25, 0.3) is 6.43 Å². The Labute approximate surface area is 223 Å². The fraction of sp³-hybridized carbons (Fsp3) is 0.542. The van der Waals surface area contributed by atoms with E-state index in [0.29, 0.717) is 59.7 Å². The van der Waals surface area contributed by atoms with E-state index in [1.807, 2.05) is 11.8 Å². The number of anilines is 1. The summed E-state index contributed by atoms with van der Waals surface area (Å²) in [5, 5.41) is 7.62. The number of amides is 1. The molecule has 0 radical (unpaired) electrons. The maximum absolute atomic E-state index is 13.4. The Balaban J connectivity index is 1.64. The summed E-state index contributed by atoms with van der Waals surface area (Å²) in [7, 11) is -0.438. The van der Waals surface area contributed by atoms with Gasteiger partial charge in [0.15, 0.2) is 10.0 Å². The minimum Gasteiger partial charge on any atom is -0.370 e. The van der Waals surface area contributed by atoms with Gasteiger partial charge >= 0.3 is 0 Å². The number of benzene rings is 1. The van der Waals surface area contributed by atoms with E-state index < -0.39 is 27.0 Å². The second-order valence-electron chi connectivity index (χ2n) is 10.4. The number of aromatic nitrogens is 4. The lowest BCUT2D eigenvalue weighted by molar-refractivity contribution is -0.133. The maximum atomic E-state index is 13.4. The van der Waals surface area contributed by atoms with Gasteiger partial charge in [-0.1, -0.05) is 11.3 Å². The van der Waals surface area contributed by atoms with E-state index in [0.717, 1.165) is 12.8 Å². The number of hydrogen-bond acceptors (Lipinski definition) is 9. The highest BCUT2D eigenvalue weighted by Gasteiger charge is 2.41. The van der Waals surface area contributed by atoms with Gasteiger partial charge in [0, 0.05) is 44.0 Å². The smallest absolute Gasteiger partial charge is 0.291 e. The zero-order chi connectivity index (χ0) is 27.4. The fourth-order valence-electron chi connectivity index (χ4n) is 4.68. The highest BCUT2D eigenvalue weighted by molar-refractivity contribution is 7.89. The van der Waals surface area contributed by atoms with Crippen molar-refractivity contribution in [3.05, 3.63) is 23.0 Å². The van der Waals surface area contributed by atoms with Crippen LogP contribution in [0.1, 0.15) is 49.9 Å². The van der Waals surface area contributed by atoms with E-state index in [1.165, 1.54) is 6.07 Å². The molecule has 0 spiro atoms. The monoisotopic (exact) mass is 565 g/mol. The molecule has 1 aliphatic carbocycles. The Morgan fingerprint density at radius 1 is 1.18 bits per heavy atom. The van der Waals surface area contributed by atoms with Gasteiger partial charge in [0.05, 0.1) is 16.1 Å². The van der Waals surface area contributed by atoms with Crippen molar-refractivity contribution < 1.29 is 22.0 Å². The van der Waals surface area contributed by atoms with E-state index in [-0.39, 0.29) is 27.4 Å². The second kappa shape index (κ2) is 9.72. The predicted molar refractivity (Wildman–Crippen MR) is 140 cm³/mol. The summed E-state index contributed by atoms with van der Waals surface area (Å²) in [5.41, 5.74) is 0.849. The number of nitrogens with zero attached hydrogens (tertiary/aromatic N) is 6. The normalized spacial score (nSPS) is 17.8. The molecule has 10 nitrogen and oxygen atoms in total. The number of alkyl halides is 2. The molecule has 1 aliphatic heterocycles. The highest BCUT2D eigenvalue weighted by Crippen LogP contribution is 2.40. The van der Waals surface area contributed by atoms with Gasteiger partial charge < -0.3 is 9.80 Å². The van der Waals surface area contributed by atoms with Crippen molar-refractivity contribution in [3.63, 3.8) is 0 Å². The number of aryl methyl sites for hydroxylation is 1. The van der Waals surface area contributed by atoms with Crippen LogP contribution in [0.25, 0.3) is 21.6 Å². The van der Waals surface area contributed by atoms with Crippen molar-refractivity contribution in [1.82, 2.24) is 29.8 Å². The standard InChI is InChI=1S/C24H29F2N7O3S2/c1-13-27-18-16(19(28-13)21-29-30-22(37-21)20(25)26)11-15(38(35,36)31-24(2)7-8-24)12-17(18)33-9-5-14(6-10-33)23(34)32(3)4/h11-12,14,20,31H,5-10H2,1-4H3. The van der Waals surface area contributed by atoms with E-state index in [2.05, 4.69) is 24.9 Å². The molecule has 1 N–H and O–H groups in total. The summed E-state index contributed by atoms with van der Waals surface area (Å²) in [6.07, 6.45) is -0.0752. The summed E-state index contributed by atoms with van der Waals surface area (Å²) in [4.78, 5) is 25.3. The third kappa shape index (κ3) is 5.21. The molecule has 38 heavy (non-hydrogen) atoms.